The summed E-state index contributed by atoms with van der Waals surface area (Å²) in [6.45, 7) is 3.99. The maximum atomic E-state index is 11.4. The molecule has 1 N–H and O–H groups in total. The van der Waals surface area contributed by atoms with E-state index in [4.69, 9.17) is 10.00 Å². The molecule has 0 aromatic heterocycles. The molecule has 4 nitrogen and oxygen atoms in total. The summed E-state index contributed by atoms with van der Waals surface area (Å²) < 4.78 is 4.93. The highest BCUT2D eigenvalue weighted by molar-refractivity contribution is 5.75. The van der Waals surface area contributed by atoms with Crippen molar-refractivity contribution in [3.63, 3.8) is 0 Å². The number of ether oxygens (including phenoxy) is 1. The van der Waals surface area contributed by atoms with Crippen molar-refractivity contribution in [2.75, 3.05) is 6.61 Å². The van der Waals surface area contributed by atoms with Gasteiger partial charge in [0.05, 0.1) is 18.6 Å². The van der Waals surface area contributed by atoms with Crippen LogP contribution in [0.1, 0.15) is 39.5 Å². The maximum Gasteiger partial charge on any atom is 0.322 e. The molecule has 4 heteroatoms. The Morgan fingerprint density at radius 2 is 2.25 bits per heavy atom. The molecule has 1 aliphatic rings. The minimum atomic E-state index is -0.320. The Morgan fingerprint density at radius 1 is 1.56 bits per heavy atom. The van der Waals surface area contributed by atoms with Crippen molar-refractivity contribution >= 4 is 5.97 Å². The molecule has 0 bridgehead atoms. The van der Waals surface area contributed by atoms with Crippen molar-refractivity contribution in [2.24, 2.45) is 5.92 Å². The van der Waals surface area contributed by atoms with Crippen molar-refractivity contribution in [3.05, 3.63) is 0 Å². The van der Waals surface area contributed by atoms with Gasteiger partial charge in [0.25, 0.3) is 0 Å². The number of nitrogens with one attached hydrogen (secondary N) is 1. The number of hydrogen-bond acceptors (Lipinski definition) is 4. The van der Waals surface area contributed by atoms with Crippen LogP contribution in [0.15, 0.2) is 0 Å². The quantitative estimate of drug-likeness (QED) is 0.737. The minimum absolute atomic E-state index is 0.0330. The van der Waals surface area contributed by atoms with E-state index in [2.05, 4.69) is 11.4 Å². The average molecular weight is 224 g/mol. The molecule has 0 aliphatic heterocycles. The van der Waals surface area contributed by atoms with Crippen LogP contribution in [-0.4, -0.2) is 24.7 Å². The van der Waals surface area contributed by atoms with E-state index >= 15 is 0 Å². The van der Waals surface area contributed by atoms with Gasteiger partial charge in [-0.3, -0.25) is 4.79 Å². The monoisotopic (exact) mass is 224 g/mol. The summed E-state index contributed by atoms with van der Waals surface area (Å²) in [5, 5.41) is 12.2. The third-order valence-corrected chi connectivity index (χ3v) is 3.04. The van der Waals surface area contributed by atoms with Crippen LogP contribution in [0.5, 0.6) is 0 Å². The second-order valence-corrected chi connectivity index (χ2v) is 4.27. The number of esters is 1. The highest BCUT2D eigenvalue weighted by Crippen LogP contribution is 2.24. The summed E-state index contributed by atoms with van der Waals surface area (Å²) >= 11 is 0. The first-order valence-electron chi connectivity index (χ1n) is 6.01. The van der Waals surface area contributed by atoms with E-state index in [1.165, 1.54) is 0 Å². The molecule has 1 rings (SSSR count). The number of nitrogens with zero attached hydrogens (tertiary/aromatic N) is 1. The Hall–Kier alpha value is -1.08. The zero-order chi connectivity index (χ0) is 12.0. The molecule has 3 atom stereocenters. The molecule has 3 unspecified atom stereocenters. The highest BCUT2D eigenvalue weighted by atomic mass is 16.5. The van der Waals surface area contributed by atoms with E-state index in [1.807, 2.05) is 0 Å². The largest absolute Gasteiger partial charge is 0.465 e. The van der Waals surface area contributed by atoms with E-state index in [0.717, 1.165) is 25.7 Å². The smallest absolute Gasteiger partial charge is 0.322 e. The lowest BCUT2D eigenvalue weighted by Gasteiger charge is -2.29. The topological polar surface area (TPSA) is 62.1 Å². The van der Waals surface area contributed by atoms with Crippen LogP contribution in [0.2, 0.25) is 0 Å². The Bertz CT molecular complexity index is 273. The fraction of sp³-hybridized carbons (Fsp3) is 0.833. The van der Waals surface area contributed by atoms with Crippen LogP contribution in [0.25, 0.3) is 0 Å². The molecule has 1 saturated carbocycles. The lowest BCUT2D eigenvalue weighted by Crippen LogP contribution is -2.46. The van der Waals surface area contributed by atoms with Gasteiger partial charge in [0.1, 0.15) is 6.04 Å². The van der Waals surface area contributed by atoms with Crippen LogP contribution in [0, 0.1) is 17.2 Å². The molecular weight excluding hydrogens is 204 g/mol. The van der Waals surface area contributed by atoms with Crippen molar-refractivity contribution in [1.82, 2.24) is 5.32 Å². The molecule has 0 spiro atoms. The fourth-order valence-electron chi connectivity index (χ4n) is 2.14. The van der Waals surface area contributed by atoms with Gasteiger partial charge in [0, 0.05) is 6.04 Å². The molecule has 0 heterocycles. The van der Waals surface area contributed by atoms with Gasteiger partial charge < -0.3 is 10.1 Å². The van der Waals surface area contributed by atoms with Crippen LogP contribution < -0.4 is 5.32 Å². The molecule has 1 fully saturated rings. The van der Waals surface area contributed by atoms with Gasteiger partial charge in [-0.25, -0.2) is 0 Å². The Morgan fingerprint density at radius 3 is 2.88 bits per heavy atom. The predicted molar refractivity (Wildman–Crippen MR) is 60.6 cm³/mol. The van der Waals surface area contributed by atoms with Crippen LogP contribution in [0.3, 0.4) is 0 Å². The molecule has 0 aromatic rings. The zero-order valence-electron chi connectivity index (χ0n) is 10.0. The molecule has 90 valence electrons. The Labute approximate surface area is 97.0 Å². The second-order valence-electron chi connectivity index (χ2n) is 4.27. The lowest BCUT2D eigenvalue weighted by atomic mass is 9.85. The van der Waals surface area contributed by atoms with Gasteiger partial charge in [-0.2, -0.15) is 5.26 Å². The van der Waals surface area contributed by atoms with Crippen molar-refractivity contribution < 1.29 is 9.53 Å². The standard InChI is InChI=1S/C12H20N2O2/c1-3-16-12(15)9(2)14-11-7-5-4-6-10(11)8-13/h9-11,14H,3-7H2,1-2H3. The van der Waals surface area contributed by atoms with Crippen LogP contribution in [0.4, 0.5) is 0 Å². The van der Waals surface area contributed by atoms with Gasteiger partial charge >= 0.3 is 5.97 Å². The van der Waals surface area contributed by atoms with E-state index in [1.54, 1.807) is 13.8 Å². The Balaban J connectivity index is 2.45. The minimum Gasteiger partial charge on any atom is -0.465 e. The van der Waals surface area contributed by atoms with Gasteiger partial charge in [-0.15, -0.1) is 0 Å². The first-order chi connectivity index (χ1) is 7.69. The Kier molecular flexibility index (Phi) is 5.27. The normalized spacial score (nSPS) is 26.8. The predicted octanol–water partition coefficient (Wildman–Crippen LogP) is 1.61. The molecule has 0 radical (unpaired) electrons. The van der Waals surface area contributed by atoms with Gasteiger partial charge in [0.15, 0.2) is 0 Å². The third-order valence-electron chi connectivity index (χ3n) is 3.04. The van der Waals surface area contributed by atoms with Gasteiger partial charge in [-0.1, -0.05) is 12.8 Å². The first-order valence-corrected chi connectivity index (χ1v) is 6.01. The van der Waals surface area contributed by atoms with E-state index < -0.39 is 0 Å². The summed E-state index contributed by atoms with van der Waals surface area (Å²) in [6.07, 6.45) is 4.15. The third kappa shape index (κ3) is 3.49. The summed E-state index contributed by atoms with van der Waals surface area (Å²) in [5.41, 5.74) is 0. The van der Waals surface area contributed by atoms with Crippen molar-refractivity contribution in [1.29, 1.82) is 5.26 Å². The second kappa shape index (κ2) is 6.49. The number of rotatable bonds is 4. The molecule has 0 amide bonds. The van der Waals surface area contributed by atoms with Crippen LogP contribution >= 0.6 is 0 Å². The number of carbonyl (C=O) groups excluding carboxylic acids is 1. The van der Waals surface area contributed by atoms with Gasteiger partial charge in [-0.05, 0) is 26.7 Å². The maximum absolute atomic E-state index is 11.4. The summed E-state index contributed by atoms with van der Waals surface area (Å²) in [6, 6.07) is 2.13. The number of carbonyl (C=O) groups is 1. The zero-order valence-corrected chi connectivity index (χ0v) is 10.0. The van der Waals surface area contributed by atoms with Crippen LogP contribution in [-0.2, 0) is 9.53 Å². The SMILES string of the molecule is CCOC(=O)C(C)NC1CCCCC1C#N. The molecule has 0 aromatic carbocycles. The highest BCUT2D eigenvalue weighted by Gasteiger charge is 2.27. The van der Waals surface area contributed by atoms with E-state index in [0.29, 0.717) is 6.61 Å². The van der Waals surface area contributed by atoms with Gasteiger partial charge in [0.2, 0.25) is 0 Å². The van der Waals surface area contributed by atoms with Crippen molar-refractivity contribution in [3.8, 4) is 6.07 Å². The first kappa shape index (κ1) is 13.0. The van der Waals surface area contributed by atoms with Crippen molar-refractivity contribution in [2.45, 2.75) is 51.6 Å². The summed E-state index contributed by atoms with van der Waals surface area (Å²) in [5.74, 6) is -0.199. The number of hydrogen-bond donors (Lipinski definition) is 1. The average Bonchev–Trinajstić information content (AvgIpc) is 2.30. The molecule has 1 aliphatic carbocycles. The lowest BCUT2D eigenvalue weighted by molar-refractivity contribution is -0.145. The summed E-state index contributed by atoms with van der Waals surface area (Å²) in [4.78, 5) is 11.4. The summed E-state index contributed by atoms with van der Waals surface area (Å²) in [7, 11) is 0. The molecular formula is C12H20N2O2. The number of nitriles is 1. The fourth-order valence-corrected chi connectivity index (χ4v) is 2.14. The van der Waals surface area contributed by atoms with E-state index in [-0.39, 0.29) is 24.0 Å². The molecule has 16 heavy (non-hydrogen) atoms. The van der Waals surface area contributed by atoms with E-state index in [9.17, 15) is 4.79 Å². The molecule has 0 saturated heterocycles.